The summed E-state index contributed by atoms with van der Waals surface area (Å²) in [4.78, 5) is 24.7. The first-order valence-electron chi connectivity index (χ1n) is 8.91. The molecule has 0 aliphatic heterocycles. The Morgan fingerprint density at radius 3 is 2.42 bits per heavy atom. The molecule has 0 aliphatic rings. The fraction of sp³-hybridized carbons (Fsp3) is 0.150. The van der Waals surface area contributed by atoms with Crippen molar-refractivity contribution in [2.75, 3.05) is 11.9 Å². The third-order valence-corrected chi connectivity index (χ3v) is 4.01. The minimum atomic E-state index is -4.65. The lowest BCUT2D eigenvalue weighted by atomic mass is 10.1. The van der Waals surface area contributed by atoms with Gasteiger partial charge in [-0.15, -0.1) is 5.10 Å². The molecule has 0 fully saturated rings. The molecular weight excluding hydrogens is 415 g/mol. The van der Waals surface area contributed by atoms with Gasteiger partial charge < -0.3 is 10.1 Å². The van der Waals surface area contributed by atoms with Crippen molar-refractivity contribution in [3.05, 3.63) is 71.5 Å². The summed E-state index contributed by atoms with van der Waals surface area (Å²) in [7, 11) is 0. The fourth-order valence-electron chi connectivity index (χ4n) is 2.60. The van der Waals surface area contributed by atoms with E-state index in [4.69, 9.17) is 4.74 Å². The molecule has 3 aromatic rings. The second-order valence-electron chi connectivity index (χ2n) is 6.25. The van der Waals surface area contributed by atoms with Gasteiger partial charge in [-0.1, -0.05) is 42.5 Å². The van der Waals surface area contributed by atoms with Crippen LogP contribution in [0.4, 0.5) is 18.9 Å². The predicted octanol–water partition coefficient (Wildman–Crippen LogP) is 3.18. The normalized spacial score (nSPS) is 11.8. The minimum Gasteiger partial charge on any atom is -0.451 e. The smallest absolute Gasteiger partial charge is 0.418 e. The van der Waals surface area contributed by atoms with Gasteiger partial charge in [0.15, 0.2) is 18.1 Å². The number of hydrogen-bond donors (Lipinski definition) is 1. The van der Waals surface area contributed by atoms with Crippen molar-refractivity contribution < 1.29 is 27.5 Å². The Labute approximate surface area is 174 Å². The molecule has 0 atom stereocenters. The summed E-state index contributed by atoms with van der Waals surface area (Å²) < 4.78 is 45.3. The molecule has 0 bridgehead atoms. The summed E-state index contributed by atoms with van der Waals surface area (Å²) >= 11 is 0. The first-order chi connectivity index (χ1) is 14.8. The standard InChI is InChI=1S/C20H16F3N5O3/c1-13-25-26-27-28(13)17(11-14-7-3-2-4-8-14)19(30)31-12-18(29)24-16-10-6-5-9-15(16)20(21,22)23/h2-11H,12H2,1H3,(H,24,29)/b17-11-. The van der Waals surface area contributed by atoms with Crippen molar-refractivity contribution in [3.8, 4) is 0 Å². The SMILES string of the molecule is Cc1nnnn1/C(=C\c1ccccc1)C(=O)OCC(=O)Nc1ccccc1C(F)(F)F. The highest BCUT2D eigenvalue weighted by atomic mass is 19.4. The molecule has 2 aromatic carbocycles. The van der Waals surface area contributed by atoms with Gasteiger partial charge in [0, 0.05) is 0 Å². The number of benzene rings is 2. The van der Waals surface area contributed by atoms with Crippen LogP contribution in [0, 0.1) is 6.92 Å². The van der Waals surface area contributed by atoms with E-state index in [-0.39, 0.29) is 5.70 Å². The van der Waals surface area contributed by atoms with Crippen LogP contribution < -0.4 is 5.32 Å². The summed E-state index contributed by atoms with van der Waals surface area (Å²) in [6.45, 7) is 0.755. The summed E-state index contributed by atoms with van der Waals surface area (Å²) in [5, 5.41) is 13.0. The quantitative estimate of drug-likeness (QED) is 0.476. The van der Waals surface area contributed by atoms with Crippen LogP contribution >= 0.6 is 0 Å². The van der Waals surface area contributed by atoms with Gasteiger partial charge in [-0.05, 0) is 41.1 Å². The number of aryl methyl sites for hydroxylation is 1. The highest BCUT2D eigenvalue weighted by molar-refractivity contribution is 6.15. The van der Waals surface area contributed by atoms with Crippen molar-refractivity contribution in [1.29, 1.82) is 0 Å². The number of para-hydroxylation sites is 1. The maximum atomic E-state index is 13.1. The molecule has 1 heterocycles. The van der Waals surface area contributed by atoms with Gasteiger partial charge in [0.2, 0.25) is 0 Å². The predicted molar refractivity (Wildman–Crippen MR) is 104 cm³/mol. The summed E-state index contributed by atoms with van der Waals surface area (Å²) in [5.41, 5.74) is -0.874. The zero-order valence-electron chi connectivity index (χ0n) is 16.1. The average Bonchev–Trinajstić information content (AvgIpc) is 3.16. The number of amides is 1. The lowest BCUT2D eigenvalue weighted by Gasteiger charge is -2.14. The number of rotatable bonds is 6. The first-order valence-corrected chi connectivity index (χ1v) is 8.91. The lowest BCUT2D eigenvalue weighted by molar-refractivity contribution is -0.142. The van der Waals surface area contributed by atoms with Gasteiger partial charge in [0.1, 0.15) is 0 Å². The molecule has 1 amide bonds. The first kappa shape index (κ1) is 21.7. The van der Waals surface area contributed by atoms with Gasteiger partial charge in [0.05, 0.1) is 11.3 Å². The molecule has 0 unspecified atom stereocenters. The molecule has 3 rings (SSSR count). The molecule has 160 valence electrons. The molecular formula is C20H16F3N5O3. The number of aromatic nitrogens is 4. The van der Waals surface area contributed by atoms with Crippen LogP contribution in [-0.4, -0.2) is 38.7 Å². The molecule has 0 saturated carbocycles. The Kier molecular flexibility index (Phi) is 6.43. The highest BCUT2D eigenvalue weighted by Gasteiger charge is 2.33. The number of carbonyl (C=O) groups excluding carboxylic acids is 2. The third-order valence-electron chi connectivity index (χ3n) is 4.01. The molecule has 1 N–H and O–H groups in total. The number of carbonyl (C=O) groups is 2. The number of anilines is 1. The number of nitrogens with one attached hydrogen (secondary N) is 1. The van der Waals surface area contributed by atoms with E-state index in [0.29, 0.717) is 11.4 Å². The van der Waals surface area contributed by atoms with E-state index in [2.05, 4.69) is 20.8 Å². The van der Waals surface area contributed by atoms with E-state index >= 15 is 0 Å². The topological polar surface area (TPSA) is 99.0 Å². The number of alkyl halides is 3. The van der Waals surface area contributed by atoms with Crippen molar-refractivity contribution in [1.82, 2.24) is 20.2 Å². The van der Waals surface area contributed by atoms with Crippen LogP contribution in [0.1, 0.15) is 17.0 Å². The summed E-state index contributed by atoms with van der Waals surface area (Å²) in [5.74, 6) is -1.57. The maximum Gasteiger partial charge on any atom is 0.418 e. The van der Waals surface area contributed by atoms with Crippen LogP contribution in [0.25, 0.3) is 11.8 Å². The third kappa shape index (κ3) is 5.53. The van der Waals surface area contributed by atoms with Crippen LogP contribution in [0.5, 0.6) is 0 Å². The van der Waals surface area contributed by atoms with E-state index in [1.807, 2.05) is 0 Å². The molecule has 0 aliphatic carbocycles. The Balaban J connectivity index is 1.74. The maximum absolute atomic E-state index is 13.1. The van der Waals surface area contributed by atoms with Gasteiger partial charge >= 0.3 is 12.1 Å². The second-order valence-corrected chi connectivity index (χ2v) is 6.25. The molecule has 8 nitrogen and oxygen atoms in total. The number of ether oxygens (including phenoxy) is 1. The number of hydrogen-bond acceptors (Lipinski definition) is 6. The van der Waals surface area contributed by atoms with E-state index in [9.17, 15) is 22.8 Å². The minimum absolute atomic E-state index is 0.0720. The molecule has 1 aromatic heterocycles. The van der Waals surface area contributed by atoms with Gasteiger partial charge in [-0.2, -0.15) is 17.9 Å². The number of tetrazole rings is 1. The molecule has 0 spiro atoms. The number of halogens is 3. The van der Waals surface area contributed by atoms with E-state index in [1.165, 1.54) is 18.2 Å². The van der Waals surface area contributed by atoms with E-state index in [0.717, 1.165) is 16.8 Å². The van der Waals surface area contributed by atoms with Crippen LogP contribution in [0.3, 0.4) is 0 Å². The van der Waals surface area contributed by atoms with Crippen molar-refractivity contribution >= 4 is 29.3 Å². The van der Waals surface area contributed by atoms with Crippen molar-refractivity contribution in [2.45, 2.75) is 13.1 Å². The summed E-state index contributed by atoms with van der Waals surface area (Å²) in [6.07, 6.45) is -3.19. The number of esters is 1. The van der Waals surface area contributed by atoms with E-state index in [1.54, 1.807) is 37.3 Å². The van der Waals surface area contributed by atoms with Gasteiger partial charge in [-0.25, -0.2) is 4.79 Å². The lowest BCUT2D eigenvalue weighted by Crippen LogP contribution is -2.24. The Bertz CT molecular complexity index is 1110. The fourth-order valence-corrected chi connectivity index (χ4v) is 2.60. The van der Waals surface area contributed by atoms with Crippen LogP contribution in [0.2, 0.25) is 0 Å². The molecule has 0 radical (unpaired) electrons. The van der Waals surface area contributed by atoms with Crippen molar-refractivity contribution in [3.63, 3.8) is 0 Å². The van der Waals surface area contributed by atoms with Crippen LogP contribution in [0.15, 0.2) is 54.6 Å². The zero-order chi connectivity index (χ0) is 22.4. The Morgan fingerprint density at radius 1 is 1.10 bits per heavy atom. The monoisotopic (exact) mass is 431 g/mol. The molecule has 0 saturated heterocycles. The summed E-state index contributed by atoms with van der Waals surface area (Å²) in [6, 6.07) is 13.3. The van der Waals surface area contributed by atoms with E-state index < -0.39 is 35.9 Å². The van der Waals surface area contributed by atoms with Crippen LogP contribution in [-0.2, 0) is 20.5 Å². The Hall–Kier alpha value is -4.02. The van der Waals surface area contributed by atoms with Crippen molar-refractivity contribution in [2.24, 2.45) is 0 Å². The molecule has 11 heteroatoms. The Morgan fingerprint density at radius 2 is 1.77 bits per heavy atom. The average molecular weight is 431 g/mol. The largest absolute Gasteiger partial charge is 0.451 e. The highest BCUT2D eigenvalue weighted by Crippen LogP contribution is 2.34. The van der Waals surface area contributed by atoms with Gasteiger partial charge in [0.25, 0.3) is 5.91 Å². The number of nitrogens with zero attached hydrogens (tertiary/aromatic N) is 4. The molecule has 31 heavy (non-hydrogen) atoms. The van der Waals surface area contributed by atoms with Gasteiger partial charge in [-0.3, -0.25) is 4.79 Å². The zero-order valence-corrected chi connectivity index (χ0v) is 16.1. The second kappa shape index (κ2) is 9.20.